The van der Waals surface area contributed by atoms with Gasteiger partial charge < -0.3 is 10.0 Å². The fourth-order valence-corrected chi connectivity index (χ4v) is 1.82. The van der Waals surface area contributed by atoms with Gasteiger partial charge in [0.15, 0.2) is 0 Å². The molecule has 5 heteroatoms. The van der Waals surface area contributed by atoms with Gasteiger partial charge in [-0.15, -0.1) is 0 Å². The Hall–Kier alpha value is -1.91. The molecule has 0 saturated heterocycles. The van der Waals surface area contributed by atoms with Gasteiger partial charge in [-0.25, -0.2) is 4.39 Å². The second kappa shape index (κ2) is 6.31. The second-order valence-corrected chi connectivity index (χ2v) is 4.54. The van der Waals surface area contributed by atoms with Crippen molar-refractivity contribution in [3.8, 4) is 0 Å². The number of benzene rings is 1. The topological polar surface area (TPSA) is 57.6 Å². The lowest BCUT2D eigenvalue weighted by Crippen LogP contribution is -2.42. The summed E-state index contributed by atoms with van der Waals surface area (Å²) in [7, 11) is 0. The van der Waals surface area contributed by atoms with Crippen LogP contribution >= 0.6 is 0 Å². The Labute approximate surface area is 111 Å². The molecule has 0 aromatic heterocycles. The standard InChI is InChI=1S/C14H18FNO3/c1-4-10(3)16(8-13(17)18)14(19)12-6-5-11(15)7-9(12)2/h5-7,10H,4,8H2,1-3H3,(H,17,18). The lowest BCUT2D eigenvalue weighted by Gasteiger charge is -2.27. The first-order valence-electron chi connectivity index (χ1n) is 6.15. The van der Waals surface area contributed by atoms with E-state index < -0.39 is 11.8 Å². The van der Waals surface area contributed by atoms with E-state index in [0.717, 1.165) is 0 Å². The summed E-state index contributed by atoms with van der Waals surface area (Å²) in [6, 6.07) is 3.68. The van der Waals surface area contributed by atoms with Gasteiger partial charge in [-0.1, -0.05) is 6.92 Å². The summed E-state index contributed by atoms with van der Waals surface area (Å²) in [4.78, 5) is 24.5. The fraction of sp³-hybridized carbons (Fsp3) is 0.429. The van der Waals surface area contributed by atoms with Gasteiger partial charge in [-0.3, -0.25) is 9.59 Å². The van der Waals surface area contributed by atoms with Crippen molar-refractivity contribution in [2.75, 3.05) is 6.54 Å². The Bertz CT molecular complexity index is 488. The maximum Gasteiger partial charge on any atom is 0.323 e. The highest BCUT2D eigenvalue weighted by molar-refractivity contribution is 5.97. The molecule has 104 valence electrons. The molecule has 1 unspecified atom stereocenters. The zero-order valence-electron chi connectivity index (χ0n) is 11.3. The molecule has 0 spiro atoms. The summed E-state index contributed by atoms with van der Waals surface area (Å²) in [6.07, 6.45) is 0.652. The number of rotatable bonds is 5. The Morgan fingerprint density at radius 2 is 2.05 bits per heavy atom. The van der Waals surface area contributed by atoms with Crippen molar-refractivity contribution >= 4 is 11.9 Å². The van der Waals surface area contributed by atoms with Gasteiger partial charge in [0.2, 0.25) is 0 Å². The number of carbonyl (C=O) groups is 2. The average molecular weight is 267 g/mol. The maximum atomic E-state index is 13.0. The summed E-state index contributed by atoms with van der Waals surface area (Å²) in [5, 5.41) is 8.88. The number of halogens is 1. The molecule has 0 radical (unpaired) electrons. The molecule has 19 heavy (non-hydrogen) atoms. The third kappa shape index (κ3) is 3.77. The average Bonchev–Trinajstić information content (AvgIpc) is 2.34. The zero-order chi connectivity index (χ0) is 14.6. The van der Waals surface area contributed by atoms with Gasteiger partial charge in [0, 0.05) is 11.6 Å². The van der Waals surface area contributed by atoms with Crippen LogP contribution in [0.3, 0.4) is 0 Å². The van der Waals surface area contributed by atoms with Gasteiger partial charge in [0.05, 0.1) is 0 Å². The van der Waals surface area contributed by atoms with Gasteiger partial charge >= 0.3 is 5.97 Å². The largest absolute Gasteiger partial charge is 0.480 e. The number of aryl methyl sites for hydroxylation is 1. The van der Waals surface area contributed by atoms with E-state index in [9.17, 15) is 14.0 Å². The normalized spacial score (nSPS) is 12.0. The number of nitrogens with zero attached hydrogens (tertiary/aromatic N) is 1. The highest BCUT2D eigenvalue weighted by Crippen LogP contribution is 2.15. The summed E-state index contributed by atoms with van der Waals surface area (Å²) < 4.78 is 13.0. The van der Waals surface area contributed by atoms with Crippen LogP contribution in [-0.2, 0) is 4.79 Å². The third-order valence-corrected chi connectivity index (χ3v) is 3.11. The molecular formula is C14H18FNO3. The van der Waals surface area contributed by atoms with Crippen molar-refractivity contribution in [1.82, 2.24) is 4.90 Å². The lowest BCUT2D eigenvalue weighted by molar-refractivity contribution is -0.138. The number of carboxylic acid groups (broad SMARTS) is 1. The van der Waals surface area contributed by atoms with E-state index in [1.807, 2.05) is 6.92 Å². The highest BCUT2D eigenvalue weighted by atomic mass is 19.1. The quantitative estimate of drug-likeness (QED) is 0.891. The first-order chi connectivity index (χ1) is 8.86. The van der Waals surface area contributed by atoms with Crippen LogP contribution in [0.25, 0.3) is 0 Å². The van der Waals surface area contributed by atoms with Crippen molar-refractivity contribution < 1.29 is 19.1 Å². The number of amides is 1. The predicted molar refractivity (Wildman–Crippen MR) is 69.6 cm³/mol. The minimum absolute atomic E-state index is 0.187. The molecule has 1 atom stereocenters. The van der Waals surface area contributed by atoms with Crippen molar-refractivity contribution in [2.24, 2.45) is 0 Å². The van der Waals surface area contributed by atoms with Gasteiger partial charge in [-0.2, -0.15) is 0 Å². The molecule has 0 bridgehead atoms. The summed E-state index contributed by atoms with van der Waals surface area (Å²) in [5.74, 6) is -1.86. The van der Waals surface area contributed by atoms with Crippen LogP contribution in [0.4, 0.5) is 4.39 Å². The van der Waals surface area contributed by atoms with Crippen LogP contribution in [0.5, 0.6) is 0 Å². The smallest absolute Gasteiger partial charge is 0.323 e. The van der Waals surface area contributed by atoms with E-state index in [-0.39, 0.29) is 18.5 Å². The van der Waals surface area contributed by atoms with E-state index >= 15 is 0 Å². The molecule has 1 N–H and O–H groups in total. The summed E-state index contributed by atoms with van der Waals surface area (Å²) in [5.41, 5.74) is 0.839. The Morgan fingerprint density at radius 1 is 1.42 bits per heavy atom. The minimum atomic E-state index is -1.06. The van der Waals surface area contributed by atoms with Crippen molar-refractivity contribution in [3.05, 3.63) is 35.1 Å². The lowest BCUT2D eigenvalue weighted by atomic mass is 10.1. The van der Waals surface area contributed by atoms with Gasteiger partial charge in [0.1, 0.15) is 12.4 Å². The molecule has 0 aliphatic rings. The van der Waals surface area contributed by atoms with Crippen LogP contribution in [0.1, 0.15) is 36.2 Å². The van der Waals surface area contributed by atoms with Crippen molar-refractivity contribution in [2.45, 2.75) is 33.2 Å². The number of hydrogen-bond donors (Lipinski definition) is 1. The van der Waals surface area contributed by atoms with E-state index in [1.165, 1.54) is 23.1 Å². The monoisotopic (exact) mass is 267 g/mol. The van der Waals surface area contributed by atoms with Crippen LogP contribution < -0.4 is 0 Å². The highest BCUT2D eigenvalue weighted by Gasteiger charge is 2.24. The van der Waals surface area contributed by atoms with Crippen LogP contribution in [0, 0.1) is 12.7 Å². The van der Waals surface area contributed by atoms with Gasteiger partial charge in [0.25, 0.3) is 5.91 Å². The Morgan fingerprint density at radius 3 is 2.53 bits per heavy atom. The molecule has 4 nitrogen and oxygen atoms in total. The summed E-state index contributed by atoms with van der Waals surface area (Å²) in [6.45, 7) is 4.94. The first-order valence-corrected chi connectivity index (χ1v) is 6.15. The van der Waals surface area contributed by atoms with Gasteiger partial charge in [-0.05, 0) is 44.0 Å². The third-order valence-electron chi connectivity index (χ3n) is 3.11. The first kappa shape index (κ1) is 15.1. The molecule has 0 fully saturated rings. The number of carboxylic acids is 1. The number of carbonyl (C=O) groups excluding carboxylic acids is 1. The van der Waals surface area contributed by atoms with Crippen LogP contribution in [-0.4, -0.2) is 34.5 Å². The molecule has 0 heterocycles. The fourth-order valence-electron chi connectivity index (χ4n) is 1.82. The maximum absolute atomic E-state index is 13.0. The van der Waals surface area contributed by atoms with E-state index in [2.05, 4.69) is 0 Å². The van der Waals surface area contributed by atoms with Crippen molar-refractivity contribution in [1.29, 1.82) is 0 Å². The molecule has 0 aliphatic carbocycles. The van der Waals surface area contributed by atoms with E-state index in [0.29, 0.717) is 17.5 Å². The molecule has 1 rings (SSSR count). The molecule has 0 aliphatic heterocycles. The van der Waals surface area contributed by atoms with E-state index in [1.54, 1.807) is 13.8 Å². The van der Waals surface area contributed by atoms with E-state index in [4.69, 9.17) is 5.11 Å². The Kier molecular flexibility index (Phi) is 5.03. The summed E-state index contributed by atoms with van der Waals surface area (Å²) >= 11 is 0. The molecule has 1 aromatic carbocycles. The second-order valence-electron chi connectivity index (χ2n) is 4.54. The Balaban J connectivity index is 3.08. The SMILES string of the molecule is CCC(C)N(CC(=O)O)C(=O)c1ccc(F)cc1C. The number of aliphatic carboxylic acids is 1. The van der Waals surface area contributed by atoms with Crippen molar-refractivity contribution in [3.63, 3.8) is 0 Å². The minimum Gasteiger partial charge on any atom is -0.480 e. The molecule has 1 aromatic rings. The molecule has 0 saturated carbocycles. The molecule has 1 amide bonds. The predicted octanol–water partition coefficient (Wildman–Crippen LogP) is 2.46. The number of hydrogen-bond acceptors (Lipinski definition) is 2. The molecular weight excluding hydrogens is 249 g/mol. The zero-order valence-corrected chi connectivity index (χ0v) is 11.3. The van der Waals surface area contributed by atoms with Crippen LogP contribution in [0.2, 0.25) is 0 Å². The van der Waals surface area contributed by atoms with Crippen LogP contribution in [0.15, 0.2) is 18.2 Å².